The molecule has 0 aliphatic rings. The largest absolute Gasteiger partial charge is 0.370 e. The summed E-state index contributed by atoms with van der Waals surface area (Å²) in [6, 6.07) is 2.58. The summed E-state index contributed by atoms with van der Waals surface area (Å²) in [6.45, 7) is 9.53. The molecule has 0 bridgehead atoms. The molecule has 0 atom stereocenters. The monoisotopic (exact) mass is 311 g/mol. The Labute approximate surface area is 133 Å². The van der Waals surface area contributed by atoms with Crippen LogP contribution in [0.4, 0.5) is 11.6 Å². The number of nitrogens with one attached hydrogen (secondary N) is 2. The van der Waals surface area contributed by atoms with E-state index in [2.05, 4.69) is 53.3 Å². The highest BCUT2D eigenvalue weighted by atomic mass is 32.2. The van der Waals surface area contributed by atoms with Crippen LogP contribution in [0.1, 0.15) is 33.6 Å². The fourth-order valence-corrected chi connectivity index (χ4v) is 2.13. The van der Waals surface area contributed by atoms with Crippen LogP contribution in [0.3, 0.4) is 0 Å². The molecule has 0 aromatic carbocycles. The third kappa shape index (κ3) is 7.00. The van der Waals surface area contributed by atoms with Gasteiger partial charge in [-0.2, -0.15) is 0 Å². The van der Waals surface area contributed by atoms with E-state index < -0.39 is 0 Å². The molecule has 1 aromatic heterocycles. The third-order valence-electron chi connectivity index (χ3n) is 3.32. The maximum absolute atomic E-state index is 4.50. The van der Waals surface area contributed by atoms with Crippen LogP contribution in [0.5, 0.6) is 0 Å². The molecule has 6 heteroatoms. The fraction of sp³-hybridized carbons (Fsp3) is 0.733. The van der Waals surface area contributed by atoms with Crippen molar-refractivity contribution in [2.24, 2.45) is 0 Å². The summed E-state index contributed by atoms with van der Waals surface area (Å²) in [5.41, 5.74) is 0. The maximum atomic E-state index is 4.50. The molecule has 120 valence electrons. The molecular formula is C15H29N5S. The van der Waals surface area contributed by atoms with Crippen LogP contribution in [0, 0.1) is 0 Å². The van der Waals surface area contributed by atoms with Crippen molar-refractivity contribution in [2.45, 2.75) is 44.8 Å². The summed E-state index contributed by atoms with van der Waals surface area (Å²) in [4.78, 5) is 11.3. The summed E-state index contributed by atoms with van der Waals surface area (Å²) in [7, 11) is 2.16. The van der Waals surface area contributed by atoms with Crippen molar-refractivity contribution in [2.75, 3.05) is 43.6 Å². The first-order valence-corrected chi connectivity index (χ1v) is 8.90. The van der Waals surface area contributed by atoms with Crippen molar-refractivity contribution < 1.29 is 0 Å². The van der Waals surface area contributed by atoms with Crippen LogP contribution in [0.25, 0.3) is 0 Å². The average Bonchev–Trinajstić information content (AvgIpc) is 2.48. The lowest BCUT2D eigenvalue weighted by atomic mass is 10.3. The van der Waals surface area contributed by atoms with Crippen LogP contribution in [-0.2, 0) is 0 Å². The number of nitrogens with zero attached hydrogens (tertiary/aromatic N) is 3. The van der Waals surface area contributed by atoms with E-state index in [0.29, 0.717) is 6.04 Å². The lowest BCUT2D eigenvalue weighted by Gasteiger charge is -2.20. The molecule has 1 aromatic rings. The number of thioether (sulfide) groups is 1. The van der Waals surface area contributed by atoms with Gasteiger partial charge in [0.15, 0.2) is 5.16 Å². The van der Waals surface area contributed by atoms with Gasteiger partial charge in [-0.1, -0.05) is 18.7 Å². The van der Waals surface area contributed by atoms with Gasteiger partial charge in [0, 0.05) is 25.2 Å². The first-order valence-electron chi connectivity index (χ1n) is 7.67. The smallest absolute Gasteiger partial charge is 0.191 e. The molecule has 1 rings (SSSR count). The van der Waals surface area contributed by atoms with Crippen LogP contribution >= 0.6 is 11.8 Å². The van der Waals surface area contributed by atoms with Gasteiger partial charge in [-0.15, -0.1) is 0 Å². The molecule has 1 heterocycles. The molecule has 0 aliphatic carbocycles. The minimum atomic E-state index is 0.594. The van der Waals surface area contributed by atoms with Gasteiger partial charge in [-0.25, -0.2) is 9.97 Å². The maximum Gasteiger partial charge on any atom is 0.191 e. The molecule has 0 saturated heterocycles. The zero-order valence-electron chi connectivity index (χ0n) is 13.9. The summed E-state index contributed by atoms with van der Waals surface area (Å²) in [5.74, 6) is 1.80. The number of anilines is 2. The molecule has 0 aliphatic heterocycles. The van der Waals surface area contributed by atoms with Crippen molar-refractivity contribution in [1.29, 1.82) is 0 Å². The topological polar surface area (TPSA) is 53.1 Å². The van der Waals surface area contributed by atoms with Crippen molar-refractivity contribution in [3.05, 3.63) is 6.07 Å². The van der Waals surface area contributed by atoms with Crippen molar-refractivity contribution >= 4 is 23.4 Å². The van der Waals surface area contributed by atoms with Gasteiger partial charge in [-0.05, 0) is 46.5 Å². The van der Waals surface area contributed by atoms with E-state index in [0.717, 1.165) is 49.3 Å². The Morgan fingerprint density at radius 3 is 2.33 bits per heavy atom. The lowest BCUT2D eigenvalue weighted by Crippen LogP contribution is -2.28. The number of hydrogen-bond acceptors (Lipinski definition) is 6. The Kier molecular flexibility index (Phi) is 8.45. The summed E-state index contributed by atoms with van der Waals surface area (Å²) >= 11 is 1.57. The van der Waals surface area contributed by atoms with Gasteiger partial charge in [0.05, 0.1) is 0 Å². The second-order valence-corrected chi connectivity index (χ2v) is 6.18. The molecule has 21 heavy (non-hydrogen) atoms. The fourth-order valence-electron chi connectivity index (χ4n) is 1.75. The van der Waals surface area contributed by atoms with Gasteiger partial charge < -0.3 is 15.5 Å². The van der Waals surface area contributed by atoms with Crippen LogP contribution in [0.2, 0.25) is 0 Å². The zero-order valence-corrected chi connectivity index (χ0v) is 14.8. The SMILES string of the molecule is CCCNc1cc(NCCCN(C)C(C)C)nc(SC)n1. The second kappa shape index (κ2) is 9.84. The lowest BCUT2D eigenvalue weighted by molar-refractivity contribution is 0.273. The minimum Gasteiger partial charge on any atom is -0.370 e. The summed E-state index contributed by atoms with van der Waals surface area (Å²) < 4.78 is 0. The zero-order chi connectivity index (χ0) is 15.7. The van der Waals surface area contributed by atoms with E-state index in [1.54, 1.807) is 11.8 Å². The highest BCUT2D eigenvalue weighted by molar-refractivity contribution is 7.98. The van der Waals surface area contributed by atoms with Gasteiger partial charge in [0.2, 0.25) is 0 Å². The van der Waals surface area contributed by atoms with E-state index in [1.165, 1.54) is 0 Å². The minimum absolute atomic E-state index is 0.594. The molecule has 2 N–H and O–H groups in total. The third-order valence-corrected chi connectivity index (χ3v) is 3.87. The highest BCUT2D eigenvalue weighted by Crippen LogP contribution is 2.17. The number of hydrogen-bond donors (Lipinski definition) is 2. The second-order valence-electron chi connectivity index (χ2n) is 5.41. The molecule has 0 radical (unpaired) electrons. The Bertz CT molecular complexity index is 411. The predicted octanol–water partition coefficient (Wildman–Crippen LogP) is 3.16. The standard InChI is InChI=1S/C15H29N5S/c1-6-8-16-13-11-14(19-15(18-13)21-5)17-9-7-10-20(4)12(2)3/h11-12H,6-10H2,1-5H3,(H2,16,17,18,19). The Balaban J connectivity index is 2.49. The van der Waals surface area contributed by atoms with E-state index >= 15 is 0 Å². The quantitative estimate of drug-likeness (QED) is 0.393. The summed E-state index contributed by atoms with van der Waals surface area (Å²) in [5, 5.41) is 7.52. The van der Waals surface area contributed by atoms with E-state index in [9.17, 15) is 0 Å². The van der Waals surface area contributed by atoms with Crippen molar-refractivity contribution in [1.82, 2.24) is 14.9 Å². The first-order chi connectivity index (χ1) is 10.1. The molecular weight excluding hydrogens is 282 g/mol. The summed E-state index contributed by atoms with van der Waals surface area (Å²) in [6.07, 6.45) is 4.19. The average molecular weight is 311 g/mol. The molecule has 0 fully saturated rings. The molecule has 5 nitrogen and oxygen atoms in total. The Morgan fingerprint density at radius 2 is 1.81 bits per heavy atom. The van der Waals surface area contributed by atoms with Gasteiger partial charge >= 0.3 is 0 Å². The molecule has 0 spiro atoms. The van der Waals surface area contributed by atoms with Crippen LogP contribution < -0.4 is 10.6 Å². The molecule has 0 saturated carbocycles. The van der Waals surface area contributed by atoms with Gasteiger partial charge in [-0.3, -0.25) is 0 Å². The van der Waals surface area contributed by atoms with E-state index in [-0.39, 0.29) is 0 Å². The first kappa shape index (κ1) is 18.0. The highest BCUT2D eigenvalue weighted by Gasteiger charge is 2.05. The van der Waals surface area contributed by atoms with Crippen molar-refractivity contribution in [3.63, 3.8) is 0 Å². The number of rotatable bonds is 10. The van der Waals surface area contributed by atoms with Crippen molar-refractivity contribution in [3.8, 4) is 0 Å². The van der Waals surface area contributed by atoms with Crippen LogP contribution in [-0.4, -0.2) is 53.8 Å². The Hall–Kier alpha value is -1.01. The van der Waals surface area contributed by atoms with Gasteiger partial charge in [0.25, 0.3) is 0 Å². The van der Waals surface area contributed by atoms with E-state index in [4.69, 9.17) is 0 Å². The molecule has 0 unspecified atom stereocenters. The predicted molar refractivity (Wildman–Crippen MR) is 93.5 cm³/mol. The normalized spacial score (nSPS) is 11.2. The Morgan fingerprint density at radius 1 is 1.19 bits per heavy atom. The van der Waals surface area contributed by atoms with Crippen LogP contribution in [0.15, 0.2) is 11.2 Å². The molecule has 0 amide bonds. The van der Waals surface area contributed by atoms with Gasteiger partial charge in [0.1, 0.15) is 11.6 Å². The van der Waals surface area contributed by atoms with E-state index in [1.807, 2.05) is 12.3 Å². The number of aromatic nitrogens is 2.